The van der Waals surface area contributed by atoms with E-state index in [9.17, 15) is 9.59 Å². The summed E-state index contributed by atoms with van der Waals surface area (Å²) in [5.41, 5.74) is 0. The van der Waals surface area contributed by atoms with Crippen LogP contribution in [0.3, 0.4) is 0 Å². The van der Waals surface area contributed by atoms with Crippen molar-refractivity contribution in [2.24, 2.45) is 0 Å². The lowest BCUT2D eigenvalue weighted by molar-refractivity contribution is -0.120. The highest BCUT2D eigenvalue weighted by Gasteiger charge is 2.07. The first-order chi connectivity index (χ1) is 5.02. The van der Waals surface area contributed by atoms with E-state index in [1.165, 1.54) is 13.8 Å². The van der Waals surface area contributed by atoms with Crippen LogP contribution in [-0.4, -0.2) is 22.8 Å². The molecule has 1 unspecified atom stereocenters. The minimum atomic E-state index is -0.642. The number of ketones is 2. The summed E-state index contributed by atoms with van der Waals surface area (Å²) in [6, 6.07) is 0. The molecule has 0 heterocycles. The second-order valence-electron chi connectivity index (χ2n) is 2.80. The Kier molecular flexibility index (Phi) is 4.70. The first kappa shape index (κ1) is 10.3. The fourth-order valence-electron chi connectivity index (χ4n) is 0.804. The van der Waals surface area contributed by atoms with Crippen molar-refractivity contribution in [3.05, 3.63) is 0 Å². The summed E-state index contributed by atoms with van der Waals surface area (Å²) in [6.07, 6.45) is 0.271. The number of aliphatic hydroxyl groups is 1. The quantitative estimate of drug-likeness (QED) is 0.640. The molecule has 0 radical (unpaired) electrons. The van der Waals surface area contributed by atoms with E-state index < -0.39 is 6.10 Å². The predicted octanol–water partition coefficient (Wildman–Crippen LogP) is 0.696. The van der Waals surface area contributed by atoms with Crippen molar-refractivity contribution in [1.29, 1.82) is 0 Å². The van der Waals surface area contributed by atoms with Gasteiger partial charge in [-0.15, -0.1) is 0 Å². The van der Waals surface area contributed by atoms with E-state index in [-0.39, 0.29) is 18.0 Å². The van der Waals surface area contributed by atoms with Gasteiger partial charge in [-0.05, 0) is 20.3 Å². The molecule has 0 saturated heterocycles. The van der Waals surface area contributed by atoms with E-state index in [1.54, 1.807) is 0 Å². The number of hydrogen-bond acceptors (Lipinski definition) is 3. The Morgan fingerprint density at radius 1 is 1.27 bits per heavy atom. The molecular weight excluding hydrogens is 144 g/mol. The molecule has 3 heteroatoms. The van der Waals surface area contributed by atoms with Crippen LogP contribution >= 0.6 is 0 Å². The van der Waals surface area contributed by atoms with Gasteiger partial charge in [-0.1, -0.05) is 0 Å². The largest absolute Gasteiger partial charge is 0.393 e. The van der Waals surface area contributed by atoms with Crippen molar-refractivity contribution >= 4 is 11.6 Å². The Labute approximate surface area is 66.4 Å². The average Bonchev–Trinajstić information content (AvgIpc) is 1.82. The van der Waals surface area contributed by atoms with Crippen LogP contribution in [0.5, 0.6) is 0 Å². The third-order valence-corrected chi connectivity index (χ3v) is 1.35. The standard InChI is InChI=1S/C8H14O3/c1-6(9)3-4-8(11)5-7(2)10/h8,11H,3-5H2,1-2H3. The molecule has 0 aliphatic heterocycles. The summed E-state index contributed by atoms with van der Waals surface area (Å²) in [5, 5.41) is 9.10. The molecule has 3 nitrogen and oxygen atoms in total. The number of Topliss-reactive ketones (excluding diaryl/α,β-unsaturated/α-hetero) is 2. The third-order valence-electron chi connectivity index (χ3n) is 1.35. The zero-order valence-corrected chi connectivity index (χ0v) is 6.96. The van der Waals surface area contributed by atoms with Gasteiger partial charge in [0.15, 0.2) is 0 Å². The molecule has 0 amide bonds. The van der Waals surface area contributed by atoms with Crippen molar-refractivity contribution in [2.75, 3.05) is 0 Å². The molecule has 0 aliphatic rings. The topological polar surface area (TPSA) is 54.4 Å². The van der Waals surface area contributed by atoms with E-state index in [1.807, 2.05) is 0 Å². The summed E-state index contributed by atoms with van der Waals surface area (Å²) >= 11 is 0. The van der Waals surface area contributed by atoms with Crippen molar-refractivity contribution in [2.45, 2.75) is 39.2 Å². The van der Waals surface area contributed by atoms with Crippen LogP contribution in [0.2, 0.25) is 0 Å². The van der Waals surface area contributed by atoms with Crippen molar-refractivity contribution in [3.63, 3.8) is 0 Å². The fourth-order valence-corrected chi connectivity index (χ4v) is 0.804. The smallest absolute Gasteiger partial charge is 0.132 e. The summed E-state index contributed by atoms with van der Waals surface area (Å²) in [6.45, 7) is 2.90. The van der Waals surface area contributed by atoms with Crippen LogP contribution < -0.4 is 0 Å². The lowest BCUT2D eigenvalue weighted by Gasteiger charge is -2.05. The van der Waals surface area contributed by atoms with Gasteiger partial charge in [-0.2, -0.15) is 0 Å². The van der Waals surface area contributed by atoms with Crippen molar-refractivity contribution in [1.82, 2.24) is 0 Å². The van der Waals surface area contributed by atoms with Crippen LogP contribution in [0.25, 0.3) is 0 Å². The highest BCUT2D eigenvalue weighted by Crippen LogP contribution is 2.02. The van der Waals surface area contributed by atoms with Crippen LogP contribution in [0.15, 0.2) is 0 Å². The maximum Gasteiger partial charge on any atom is 0.132 e. The third kappa shape index (κ3) is 7.19. The molecule has 0 aromatic carbocycles. The predicted molar refractivity (Wildman–Crippen MR) is 41.2 cm³/mol. The minimum absolute atomic E-state index is 0.0407. The Hall–Kier alpha value is -0.700. The Bertz CT molecular complexity index is 151. The van der Waals surface area contributed by atoms with Gasteiger partial charge >= 0.3 is 0 Å². The molecule has 0 saturated carbocycles. The summed E-state index contributed by atoms with van der Waals surface area (Å²) in [7, 11) is 0. The molecule has 0 aromatic heterocycles. The fraction of sp³-hybridized carbons (Fsp3) is 0.750. The molecule has 0 rings (SSSR count). The van der Waals surface area contributed by atoms with Crippen LogP contribution in [0.1, 0.15) is 33.1 Å². The number of carbonyl (C=O) groups is 2. The Balaban J connectivity index is 3.44. The van der Waals surface area contributed by atoms with Gasteiger partial charge in [-0.25, -0.2) is 0 Å². The molecule has 0 aromatic rings. The van der Waals surface area contributed by atoms with Crippen molar-refractivity contribution in [3.8, 4) is 0 Å². The molecule has 64 valence electrons. The molecule has 0 aliphatic carbocycles. The maximum atomic E-state index is 10.5. The highest BCUT2D eigenvalue weighted by atomic mass is 16.3. The number of aliphatic hydroxyl groups excluding tert-OH is 1. The van der Waals surface area contributed by atoms with E-state index in [4.69, 9.17) is 5.11 Å². The summed E-state index contributed by atoms with van der Waals surface area (Å²) in [4.78, 5) is 20.9. The summed E-state index contributed by atoms with van der Waals surface area (Å²) in [5.74, 6) is 0.00801. The van der Waals surface area contributed by atoms with Gasteiger partial charge in [0.2, 0.25) is 0 Å². The van der Waals surface area contributed by atoms with Crippen LogP contribution in [0.4, 0.5) is 0 Å². The molecule has 0 bridgehead atoms. The van der Waals surface area contributed by atoms with Gasteiger partial charge in [0, 0.05) is 12.8 Å². The molecule has 1 atom stereocenters. The minimum Gasteiger partial charge on any atom is -0.393 e. The summed E-state index contributed by atoms with van der Waals surface area (Å²) < 4.78 is 0. The maximum absolute atomic E-state index is 10.5. The zero-order valence-electron chi connectivity index (χ0n) is 6.96. The monoisotopic (exact) mass is 158 g/mol. The lowest BCUT2D eigenvalue weighted by Crippen LogP contribution is -2.12. The van der Waals surface area contributed by atoms with Gasteiger partial charge in [-0.3, -0.25) is 4.79 Å². The molecule has 1 N–H and O–H groups in total. The number of hydrogen-bond donors (Lipinski definition) is 1. The van der Waals surface area contributed by atoms with E-state index in [2.05, 4.69) is 0 Å². The highest BCUT2D eigenvalue weighted by molar-refractivity contribution is 5.77. The van der Waals surface area contributed by atoms with Crippen LogP contribution in [0, 0.1) is 0 Å². The van der Waals surface area contributed by atoms with Gasteiger partial charge in [0.1, 0.15) is 11.6 Å². The molecule has 11 heavy (non-hydrogen) atoms. The van der Waals surface area contributed by atoms with Crippen LogP contribution in [-0.2, 0) is 9.59 Å². The van der Waals surface area contributed by atoms with E-state index in [0.29, 0.717) is 12.8 Å². The SMILES string of the molecule is CC(=O)CCC(O)CC(C)=O. The van der Waals surface area contributed by atoms with E-state index >= 15 is 0 Å². The van der Waals surface area contributed by atoms with Gasteiger partial charge in [0.05, 0.1) is 6.10 Å². The molecular formula is C8H14O3. The first-order valence-corrected chi connectivity index (χ1v) is 3.69. The van der Waals surface area contributed by atoms with E-state index in [0.717, 1.165) is 0 Å². The molecule has 0 fully saturated rings. The average molecular weight is 158 g/mol. The normalized spacial score (nSPS) is 12.6. The van der Waals surface area contributed by atoms with Gasteiger partial charge < -0.3 is 9.90 Å². The number of rotatable bonds is 5. The lowest BCUT2D eigenvalue weighted by atomic mass is 10.1. The second kappa shape index (κ2) is 5.02. The zero-order chi connectivity index (χ0) is 8.85. The Morgan fingerprint density at radius 2 is 1.82 bits per heavy atom. The second-order valence-corrected chi connectivity index (χ2v) is 2.80. The molecule has 0 spiro atoms. The Morgan fingerprint density at radius 3 is 2.18 bits per heavy atom. The number of carbonyl (C=O) groups excluding carboxylic acids is 2. The van der Waals surface area contributed by atoms with Crippen molar-refractivity contribution < 1.29 is 14.7 Å². The van der Waals surface area contributed by atoms with Gasteiger partial charge in [0.25, 0.3) is 0 Å². The first-order valence-electron chi connectivity index (χ1n) is 3.69.